The van der Waals surface area contributed by atoms with Gasteiger partial charge in [-0.2, -0.15) is 5.26 Å². The maximum absolute atomic E-state index is 8.51. The van der Waals surface area contributed by atoms with E-state index < -0.39 is 0 Å². The zero-order valence-corrected chi connectivity index (χ0v) is 11.3. The van der Waals surface area contributed by atoms with Crippen molar-refractivity contribution in [2.45, 2.75) is 32.6 Å². The van der Waals surface area contributed by atoms with E-state index in [0.717, 1.165) is 30.0 Å². The van der Waals surface area contributed by atoms with Crippen molar-refractivity contribution in [1.82, 2.24) is 4.98 Å². The number of nitrogens with zero attached hydrogens (tertiary/aromatic N) is 2. The fraction of sp³-hybridized carbons (Fsp3) is 0.333. The molecule has 0 aliphatic rings. The number of aromatic nitrogens is 1. The molecule has 0 spiro atoms. The summed E-state index contributed by atoms with van der Waals surface area (Å²) in [5.41, 5.74) is 3.58. The van der Waals surface area contributed by atoms with Gasteiger partial charge in [-0.25, -0.2) is 4.98 Å². The lowest BCUT2D eigenvalue weighted by Crippen LogP contribution is -1.85. The quantitative estimate of drug-likeness (QED) is 0.751. The monoisotopic (exact) mass is 256 g/mol. The van der Waals surface area contributed by atoms with Crippen molar-refractivity contribution in [3.05, 3.63) is 40.2 Å². The van der Waals surface area contributed by atoms with Gasteiger partial charge in [0, 0.05) is 23.8 Å². The molecule has 0 atom stereocenters. The van der Waals surface area contributed by atoms with E-state index in [-0.39, 0.29) is 0 Å². The highest BCUT2D eigenvalue weighted by Crippen LogP contribution is 2.23. The highest BCUT2D eigenvalue weighted by Gasteiger charge is 2.04. The highest BCUT2D eigenvalue weighted by molar-refractivity contribution is 7.09. The fourth-order valence-corrected chi connectivity index (χ4v) is 2.64. The first kappa shape index (κ1) is 12.8. The van der Waals surface area contributed by atoms with Crippen LogP contribution in [0.2, 0.25) is 0 Å². The Bertz CT molecular complexity index is 534. The lowest BCUT2D eigenvalue weighted by molar-refractivity contribution is 0.843. The zero-order chi connectivity index (χ0) is 12.8. The standard InChI is InChI=1S/C15H16N2S/c1-2-12-6-8-13(9-7-12)14-11-18-15(17-14)5-3-4-10-16/h6-9,11H,2-5H2,1H3. The smallest absolute Gasteiger partial charge is 0.0932 e. The molecule has 1 aromatic carbocycles. The molecule has 3 heteroatoms. The number of thiazole rings is 1. The Kier molecular flexibility index (Phi) is 4.49. The van der Waals surface area contributed by atoms with Crippen LogP contribution in [0.4, 0.5) is 0 Å². The molecular formula is C15H16N2S. The maximum Gasteiger partial charge on any atom is 0.0932 e. The molecule has 0 bridgehead atoms. The van der Waals surface area contributed by atoms with Crippen molar-refractivity contribution in [1.29, 1.82) is 5.26 Å². The summed E-state index contributed by atoms with van der Waals surface area (Å²) >= 11 is 1.68. The van der Waals surface area contributed by atoms with Gasteiger partial charge in [-0.3, -0.25) is 0 Å². The third-order valence-electron chi connectivity index (χ3n) is 2.89. The van der Waals surface area contributed by atoms with Gasteiger partial charge < -0.3 is 0 Å². The second-order valence-electron chi connectivity index (χ2n) is 4.19. The molecule has 0 aliphatic carbocycles. The van der Waals surface area contributed by atoms with Crippen molar-refractivity contribution < 1.29 is 0 Å². The second-order valence-corrected chi connectivity index (χ2v) is 5.13. The normalized spacial score (nSPS) is 10.2. The summed E-state index contributed by atoms with van der Waals surface area (Å²) in [5, 5.41) is 11.7. The number of rotatable bonds is 5. The van der Waals surface area contributed by atoms with Gasteiger partial charge in [-0.05, 0) is 18.4 Å². The molecule has 1 heterocycles. The third kappa shape index (κ3) is 3.18. The molecule has 0 aliphatic heterocycles. The molecule has 2 rings (SSSR count). The van der Waals surface area contributed by atoms with E-state index in [1.165, 1.54) is 11.1 Å². The Labute approximate surface area is 112 Å². The summed E-state index contributed by atoms with van der Waals surface area (Å²) in [6.45, 7) is 2.16. The third-order valence-corrected chi connectivity index (χ3v) is 3.80. The van der Waals surface area contributed by atoms with Crippen LogP contribution in [-0.2, 0) is 12.8 Å². The average molecular weight is 256 g/mol. The Morgan fingerprint density at radius 1 is 1.28 bits per heavy atom. The Morgan fingerprint density at radius 3 is 2.72 bits per heavy atom. The van der Waals surface area contributed by atoms with Crippen LogP contribution >= 0.6 is 11.3 Å². The minimum Gasteiger partial charge on any atom is -0.241 e. The first-order chi connectivity index (χ1) is 8.83. The van der Waals surface area contributed by atoms with E-state index in [1.807, 2.05) is 0 Å². The van der Waals surface area contributed by atoms with Crippen LogP contribution in [0.1, 0.15) is 30.3 Å². The van der Waals surface area contributed by atoms with Gasteiger partial charge >= 0.3 is 0 Å². The van der Waals surface area contributed by atoms with E-state index in [4.69, 9.17) is 5.26 Å². The van der Waals surface area contributed by atoms with Crippen molar-refractivity contribution in [3.8, 4) is 17.3 Å². The van der Waals surface area contributed by atoms with E-state index >= 15 is 0 Å². The van der Waals surface area contributed by atoms with Gasteiger partial charge in [0.1, 0.15) is 0 Å². The first-order valence-electron chi connectivity index (χ1n) is 6.24. The molecule has 0 amide bonds. The molecule has 92 valence electrons. The van der Waals surface area contributed by atoms with Gasteiger partial charge in [-0.1, -0.05) is 31.2 Å². The SMILES string of the molecule is CCc1ccc(-c2csc(CCCC#N)n2)cc1. The molecule has 18 heavy (non-hydrogen) atoms. The van der Waals surface area contributed by atoms with Gasteiger partial charge in [0.15, 0.2) is 0 Å². The van der Waals surface area contributed by atoms with Crippen molar-refractivity contribution in [2.24, 2.45) is 0 Å². The summed E-state index contributed by atoms with van der Waals surface area (Å²) in [7, 11) is 0. The Hall–Kier alpha value is -1.66. The van der Waals surface area contributed by atoms with Crippen LogP contribution in [0.5, 0.6) is 0 Å². The van der Waals surface area contributed by atoms with Crippen molar-refractivity contribution >= 4 is 11.3 Å². The topological polar surface area (TPSA) is 36.7 Å². The zero-order valence-electron chi connectivity index (χ0n) is 10.5. The lowest BCUT2D eigenvalue weighted by Gasteiger charge is -1.99. The predicted molar refractivity (Wildman–Crippen MR) is 75.5 cm³/mol. The molecule has 0 fully saturated rings. The average Bonchev–Trinajstić information content (AvgIpc) is 2.88. The lowest BCUT2D eigenvalue weighted by atomic mass is 10.1. The summed E-state index contributed by atoms with van der Waals surface area (Å²) in [6, 6.07) is 10.7. The predicted octanol–water partition coefficient (Wildman–Crippen LogP) is 4.22. The molecule has 0 N–H and O–H groups in total. The van der Waals surface area contributed by atoms with E-state index in [0.29, 0.717) is 6.42 Å². The van der Waals surface area contributed by atoms with Gasteiger partial charge in [-0.15, -0.1) is 11.3 Å². The van der Waals surface area contributed by atoms with Crippen LogP contribution in [0.25, 0.3) is 11.3 Å². The van der Waals surface area contributed by atoms with E-state index in [9.17, 15) is 0 Å². The first-order valence-corrected chi connectivity index (χ1v) is 7.12. The summed E-state index contributed by atoms with van der Waals surface area (Å²) in [5.74, 6) is 0. The maximum atomic E-state index is 8.51. The Morgan fingerprint density at radius 2 is 2.06 bits per heavy atom. The van der Waals surface area contributed by atoms with Crippen LogP contribution in [0.15, 0.2) is 29.6 Å². The number of unbranched alkanes of at least 4 members (excludes halogenated alkanes) is 1. The van der Waals surface area contributed by atoms with Crippen LogP contribution in [0.3, 0.4) is 0 Å². The van der Waals surface area contributed by atoms with Crippen LogP contribution in [-0.4, -0.2) is 4.98 Å². The molecule has 0 unspecified atom stereocenters. The second kappa shape index (κ2) is 6.32. The molecular weight excluding hydrogens is 240 g/mol. The van der Waals surface area contributed by atoms with Crippen molar-refractivity contribution in [2.75, 3.05) is 0 Å². The largest absolute Gasteiger partial charge is 0.241 e. The molecule has 2 nitrogen and oxygen atoms in total. The number of aryl methyl sites for hydroxylation is 2. The molecule has 0 saturated carbocycles. The molecule has 1 aromatic heterocycles. The van der Waals surface area contributed by atoms with Crippen LogP contribution < -0.4 is 0 Å². The fourth-order valence-electron chi connectivity index (χ4n) is 1.79. The number of hydrogen-bond donors (Lipinski definition) is 0. The van der Waals surface area contributed by atoms with E-state index in [2.05, 4.69) is 47.6 Å². The number of benzene rings is 1. The number of nitriles is 1. The number of hydrogen-bond acceptors (Lipinski definition) is 3. The van der Waals surface area contributed by atoms with Gasteiger partial charge in [0.25, 0.3) is 0 Å². The minimum absolute atomic E-state index is 0.611. The Balaban J connectivity index is 2.06. The molecule has 0 radical (unpaired) electrons. The summed E-state index contributed by atoms with van der Waals surface area (Å²) in [4.78, 5) is 4.62. The highest BCUT2D eigenvalue weighted by atomic mass is 32.1. The van der Waals surface area contributed by atoms with Crippen LogP contribution in [0, 0.1) is 11.3 Å². The van der Waals surface area contributed by atoms with Gasteiger partial charge in [0.2, 0.25) is 0 Å². The minimum atomic E-state index is 0.611. The molecule has 0 saturated heterocycles. The summed E-state index contributed by atoms with van der Waals surface area (Å²) in [6.07, 6.45) is 3.49. The summed E-state index contributed by atoms with van der Waals surface area (Å²) < 4.78 is 0. The van der Waals surface area contributed by atoms with E-state index in [1.54, 1.807) is 11.3 Å². The van der Waals surface area contributed by atoms with Gasteiger partial charge in [0.05, 0.1) is 16.8 Å². The molecule has 2 aromatic rings. The van der Waals surface area contributed by atoms with Crippen molar-refractivity contribution in [3.63, 3.8) is 0 Å².